The molecule has 0 aromatic carbocycles. The first-order valence-electron chi connectivity index (χ1n) is 5.90. The van der Waals surface area contributed by atoms with Crippen molar-refractivity contribution < 1.29 is 0 Å². The highest BCUT2D eigenvalue weighted by Crippen LogP contribution is 2.07. The average Bonchev–Trinajstić information content (AvgIpc) is 2.26. The number of rotatable bonds is 6. The molecule has 2 heteroatoms. The highest BCUT2D eigenvalue weighted by atomic mass is 14.9. The zero-order valence-electron chi connectivity index (χ0n) is 10.1. The number of aryl methyl sites for hydroxylation is 1. The van der Waals surface area contributed by atoms with Crippen LogP contribution in [0.5, 0.6) is 0 Å². The molecule has 84 valence electrons. The Balaban J connectivity index is 2.45. The summed E-state index contributed by atoms with van der Waals surface area (Å²) in [6.07, 6.45) is 7.52. The molecule has 0 bridgehead atoms. The van der Waals surface area contributed by atoms with Gasteiger partial charge in [-0.3, -0.25) is 4.98 Å². The molecule has 0 radical (unpaired) electrons. The number of nitrogens with zero attached hydrogens (tertiary/aromatic N) is 1. The number of aromatic nitrogens is 1. The van der Waals surface area contributed by atoms with E-state index in [1.807, 2.05) is 12.4 Å². The fourth-order valence-electron chi connectivity index (χ4n) is 1.75. The highest BCUT2D eigenvalue weighted by molar-refractivity contribution is 5.21. The topological polar surface area (TPSA) is 24.9 Å². The molecule has 0 fully saturated rings. The van der Waals surface area contributed by atoms with Gasteiger partial charge in [0.1, 0.15) is 0 Å². The van der Waals surface area contributed by atoms with Crippen molar-refractivity contribution in [1.29, 1.82) is 0 Å². The molecule has 1 aromatic heterocycles. The molecule has 2 nitrogen and oxygen atoms in total. The van der Waals surface area contributed by atoms with Gasteiger partial charge in [0.05, 0.1) is 0 Å². The maximum Gasteiger partial charge on any atom is 0.0300 e. The van der Waals surface area contributed by atoms with Gasteiger partial charge in [-0.15, -0.1) is 0 Å². The summed E-state index contributed by atoms with van der Waals surface area (Å²) in [6.45, 7) is 7.56. The summed E-state index contributed by atoms with van der Waals surface area (Å²) >= 11 is 0. The van der Waals surface area contributed by atoms with Crippen LogP contribution in [0.15, 0.2) is 18.5 Å². The minimum absolute atomic E-state index is 0.655. The van der Waals surface area contributed by atoms with E-state index in [4.69, 9.17) is 0 Å². The molecule has 15 heavy (non-hydrogen) atoms. The summed E-state index contributed by atoms with van der Waals surface area (Å²) in [7, 11) is 0. The molecule has 0 saturated heterocycles. The van der Waals surface area contributed by atoms with Gasteiger partial charge in [-0.05, 0) is 37.0 Å². The summed E-state index contributed by atoms with van der Waals surface area (Å²) < 4.78 is 0. The van der Waals surface area contributed by atoms with Crippen LogP contribution in [0.1, 0.15) is 44.2 Å². The molecule has 0 aliphatic carbocycles. The van der Waals surface area contributed by atoms with E-state index in [1.54, 1.807) is 0 Å². The Hall–Kier alpha value is -0.890. The van der Waals surface area contributed by atoms with E-state index in [9.17, 15) is 0 Å². The third-order valence-corrected chi connectivity index (χ3v) is 2.85. The lowest BCUT2D eigenvalue weighted by Gasteiger charge is -2.16. The van der Waals surface area contributed by atoms with Crippen molar-refractivity contribution in [2.75, 3.05) is 0 Å². The number of pyridine rings is 1. The first-order valence-corrected chi connectivity index (χ1v) is 5.90. The highest BCUT2D eigenvalue weighted by Gasteiger charge is 2.04. The zero-order chi connectivity index (χ0) is 11.1. The second kappa shape index (κ2) is 6.57. The van der Waals surface area contributed by atoms with Gasteiger partial charge in [0, 0.05) is 25.0 Å². The van der Waals surface area contributed by atoms with Gasteiger partial charge >= 0.3 is 0 Å². The van der Waals surface area contributed by atoms with Crippen molar-refractivity contribution in [2.45, 2.75) is 52.6 Å². The second-order valence-electron chi connectivity index (χ2n) is 4.08. The molecule has 1 atom stereocenters. The largest absolute Gasteiger partial charge is 0.310 e. The molecule has 1 heterocycles. The maximum atomic E-state index is 4.10. The molecule has 1 aromatic rings. The van der Waals surface area contributed by atoms with E-state index in [2.05, 4.69) is 37.1 Å². The van der Waals surface area contributed by atoms with Gasteiger partial charge in [-0.2, -0.15) is 0 Å². The van der Waals surface area contributed by atoms with Crippen LogP contribution in [-0.4, -0.2) is 11.0 Å². The Bertz CT molecular complexity index is 284. The summed E-state index contributed by atoms with van der Waals surface area (Å²) in [5, 5.41) is 3.60. The Kier molecular flexibility index (Phi) is 5.33. The van der Waals surface area contributed by atoms with Crippen molar-refractivity contribution in [1.82, 2.24) is 10.3 Å². The third-order valence-electron chi connectivity index (χ3n) is 2.85. The fourth-order valence-corrected chi connectivity index (χ4v) is 1.75. The van der Waals surface area contributed by atoms with Crippen molar-refractivity contribution in [3.8, 4) is 0 Å². The first kappa shape index (κ1) is 12.2. The quantitative estimate of drug-likeness (QED) is 0.773. The summed E-state index contributed by atoms with van der Waals surface area (Å²) in [6, 6.07) is 2.75. The van der Waals surface area contributed by atoms with E-state index >= 15 is 0 Å². The number of hydrogen-bond donors (Lipinski definition) is 1. The monoisotopic (exact) mass is 206 g/mol. The van der Waals surface area contributed by atoms with Gasteiger partial charge in [-0.25, -0.2) is 0 Å². The lowest BCUT2D eigenvalue weighted by atomic mass is 10.1. The summed E-state index contributed by atoms with van der Waals surface area (Å²) in [5.74, 6) is 0. The lowest BCUT2D eigenvalue weighted by Crippen LogP contribution is -2.27. The predicted molar refractivity (Wildman–Crippen MR) is 64.8 cm³/mol. The van der Waals surface area contributed by atoms with Crippen LogP contribution < -0.4 is 5.32 Å². The molecule has 1 N–H and O–H groups in total. The van der Waals surface area contributed by atoms with Gasteiger partial charge in [0.15, 0.2) is 0 Å². The summed E-state index contributed by atoms with van der Waals surface area (Å²) in [4.78, 5) is 4.10. The van der Waals surface area contributed by atoms with Crippen LogP contribution in [0.2, 0.25) is 0 Å². The first-order chi connectivity index (χ1) is 7.27. The molecule has 0 aliphatic rings. The summed E-state index contributed by atoms with van der Waals surface area (Å²) in [5.41, 5.74) is 2.64. The van der Waals surface area contributed by atoms with Crippen LogP contribution in [0.25, 0.3) is 0 Å². The second-order valence-corrected chi connectivity index (χ2v) is 4.08. The van der Waals surface area contributed by atoms with E-state index in [0.29, 0.717) is 6.04 Å². The molecular weight excluding hydrogens is 184 g/mol. The van der Waals surface area contributed by atoms with E-state index < -0.39 is 0 Å². The van der Waals surface area contributed by atoms with E-state index in [0.717, 1.165) is 6.54 Å². The van der Waals surface area contributed by atoms with Crippen LogP contribution in [0.3, 0.4) is 0 Å². The minimum atomic E-state index is 0.655. The van der Waals surface area contributed by atoms with Crippen LogP contribution in [0.4, 0.5) is 0 Å². The van der Waals surface area contributed by atoms with Gasteiger partial charge in [0.25, 0.3) is 0 Å². The molecule has 1 unspecified atom stereocenters. The Morgan fingerprint density at radius 3 is 2.80 bits per heavy atom. The minimum Gasteiger partial charge on any atom is -0.310 e. The van der Waals surface area contributed by atoms with Crippen molar-refractivity contribution >= 4 is 0 Å². The van der Waals surface area contributed by atoms with Crippen LogP contribution in [0, 0.1) is 6.92 Å². The lowest BCUT2D eigenvalue weighted by molar-refractivity contribution is 0.462. The van der Waals surface area contributed by atoms with Gasteiger partial charge < -0.3 is 5.32 Å². The third kappa shape index (κ3) is 4.00. The van der Waals surface area contributed by atoms with E-state index in [1.165, 1.54) is 30.4 Å². The standard InChI is InChI=1S/C13H22N2/c1-4-6-13(5-2)15-10-12-7-8-14-9-11(12)3/h7-9,13,15H,4-6,10H2,1-3H3. The maximum absolute atomic E-state index is 4.10. The van der Waals surface area contributed by atoms with Gasteiger partial charge in [0.2, 0.25) is 0 Å². The molecule has 0 amide bonds. The predicted octanol–water partition coefficient (Wildman–Crippen LogP) is 3.06. The normalized spacial score (nSPS) is 12.7. The molecule has 0 aliphatic heterocycles. The van der Waals surface area contributed by atoms with Crippen molar-refractivity contribution in [2.24, 2.45) is 0 Å². The number of nitrogens with one attached hydrogen (secondary N) is 1. The van der Waals surface area contributed by atoms with Gasteiger partial charge in [-0.1, -0.05) is 20.3 Å². The SMILES string of the molecule is CCCC(CC)NCc1ccncc1C. The van der Waals surface area contributed by atoms with Crippen LogP contribution in [-0.2, 0) is 6.54 Å². The van der Waals surface area contributed by atoms with Crippen molar-refractivity contribution in [3.63, 3.8) is 0 Å². The van der Waals surface area contributed by atoms with Crippen LogP contribution >= 0.6 is 0 Å². The molecular formula is C13H22N2. The smallest absolute Gasteiger partial charge is 0.0300 e. The Morgan fingerprint density at radius 2 is 2.20 bits per heavy atom. The molecule has 0 spiro atoms. The van der Waals surface area contributed by atoms with Crippen molar-refractivity contribution in [3.05, 3.63) is 29.6 Å². The zero-order valence-corrected chi connectivity index (χ0v) is 10.1. The molecule has 1 rings (SSSR count). The van der Waals surface area contributed by atoms with E-state index in [-0.39, 0.29) is 0 Å². The number of hydrogen-bond acceptors (Lipinski definition) is 2. The average molecular weight is 206 g/mol. The molecule has 0 saturated carbocycles. The Labute approximate surface area is 93.1 Å². The fraction of sp³-hybridized carbons (Fsp3) is 0.615. The Morgan fingerprint density at radius 1 is 1.40 bits per heavy atom.